The van der Waals surface area contributed by atoms with Crippen molar-refractivity contribution in [3.63, 3.8) is 0 Å². The molecule has 1 rings (SSSR count). The van der Waals surface area contributed by atoms with Gasteiger partial charge in [0.2, 0.25) is 0 Å². The van der Waals surface area contributed by atoms with E-state index in [9.17, 15) is 8.42 Å². The third kappa shape index (κ3) is 2.69. The SMILES string of the molecule is CC(c1ccc(Br)c(Cl)c1)[SH](=O)=O. The molecule has 72 valence electrons. The lowest BCUT2D eigenvalue weighted by Gasteiger charge is -2.05. The molecule has 0 bridgehead atoms. The molecule has 0 saturated heterocycles. The zero-order chi connectivity index (χ0) is 10.0. The van der Waals surface area contributed by atoms with Gasteiger partial charge in [-0.1, -0.05) is 17.7 Å². The smallest absolute Gasteiger partial charge is 0.146 e. The fourth-order valence-corrected chi connectivity index (χ4v) is 1.73. The van der Waals surface area contributed by atoms with Crippen LogP contribution in [-0.2, 0) is 10.7 Å². The van der Waals surface area contributed by atoms with Crippen LogP contribution in [0.4, 0.5) is 0 Å². The van der Waals surface area contributed by atoms with Crippen LogP contribution in [0, 0.1) is 0 Å². The van der Waals surface area contributed by atoms with E-state index < -0.39 is 16.0 Å². The van der Waals surface area contributed by atoms with Gasteiger partial charge in [0.15, 0.2) is 0 Å². The molecule has 0 N–H and O–H groups in total. The Morgan fingerprint density at radius 3 is 2.54 bits per heavy atom. The lowest BCUT2D eigenvalue weighted by molar-refractivity contribution is 0.606. The van der Waals surface area contributed by atoms with Crippen molar-refractivity contribution in [2.75, 3.05) is 0 Å². The molecule has 1 aromatic rings. The van der Waals surface area contributed by atoms with E-state index in [1.165, 1.54) is 0 Å². The second kappa shape index (κ2) is 4.44. The fourth-order valence-electron chi connectivity index (χ4n) is 0.894. The molecule has 0 spiro atoms. The van der Waals surface area contributed by atoms with Crippen LogP contribution in [0.25, 0.3) is 0 Å². The van der Waals surface area contributed by atoms with Gasteiger partial charge >= 0.3 is 0 Å². The maximum atomic E-state index is 10.7. The molecule has 2 nitrogen and oxygen atoms in total. The highest BCUT2D eigenvalue weighted by Gasteiger charge is 2.08. The van der Waals surface area contributed by atoms with Crippen LogP contribution in [0.3, 0.4) is 0 Å². The Kier molecular flexibility index (Phi) is 3.76. The molecule has 0 aliphatic rings. The van der Waals surface area contributed by atoms with Crippen molar-refractivity contribution < 1.29 is 8.42 Å². The summed E-state index contributed by atoms with van der Waals surface area (Å²) in [4.78, 5) is 0. The van der Waals surface area contributed by atoms with E-state index in [0.717, 1.165) is 4.47 Å². The zero-order valence-corrected chi connectivity index (χ0v) is 10.1. The highest BCUT2D eigenvalue weighted by atomic mass is 79.9. The molecule has 0 radical (unpaired) electrons. The molecule has 1 atom stereocenters. The minimum atomic E-state index is -2.43. The standard InChI is InChI=1S/C8H8BrClO2S/c1-5(13(11)12)6-2-3-7(9)8(10)4-6/h2-5,13H,1H3. The molecule has 5 heteroatoms. The van der Waals surface area contributed by atoms with Crippen LogP contribution >= 0.6 is 27.5 Å². The minimum absolute atomic E-state index is 0.486. The summed E-state index contributed by atoms with van der Waals surface area (Å²) in [5, 5.41) is 0.0433. The van der Waals surface area contributed by atoms with E-state index in [1.54, 1.807) is 25.1 Å². The molecule has 1 unspecified atom stereocenters. The monoisotopic (exact) mass is 282 g/mol. The molecule has 0 amide bonds. The van der Waals surface area contributed by atoms with E-state index in [1.807, 2.05) is 0 Å². The van der Waals surface area contributed by atoms with Gasteiger partial charge in [-0.2, -0.15) is 0 Å². The summed E-state index contributed by atoms with van der Waals surface area (Å²) >= 11 is 9.05. The zero-order valence-electron chi connectivity index (χ0n) is 6.83. The Morgan fingerprint density at radius 1 is 1.46 bits per heavy atom. The summed E-state index contributed by atoms with van der Waals surface area (Å²) < 4.78 is 22.1. The average molecular weight is 284 g/mol. The molecule has 0 aliphatic carbocycles. The fraction of sp³-hybridized carbons (Fsp3) is 0.250. The Hall–Kier alpha value is -0.0600. The van der Waals surface area contributed by atoms with Crippen molar-refractivity contribution in [3.05, 3.63) is 33.3 Å². The van der Waals surface area contributed by atoms with Crippen LogP contribution in [0.5, 0.6) is 0 Å². The van der Waals surface area contributed by atoms with Gasteiger partial charge in [0, 0.05) is 4.47 Å². The maximum absolute atomic E-state index is 10.7. The number of thiol groups is 1. The molecule has 0 fully saturated rings. The first-order valence-corrected chi connectivity index (χ1v) is 6.02. The molecule has 0 aromatic heterocycles. The summed E-state index contributed by atoms with van der Waals surface area (Å²) in [6.45, 7) is 1.63. The molecule has 1 aromatic carbocycles. The van der Waals surface area contributed by atoms with Crippen molar-refractivity contribution in [3.8, 4) is 0 Å². The summed E-state index contributed by atoms with van der Waals surface area (Å²) in [7, 11) is -2.43. The van der Waals surface area contributed by atoms with Crippen molar-refractivity contribution >= 4 is 38.2 Å². The van der Waals surface area contributed by atoms with Gasteiger partial charge in [-0.15, -0.1) is 0 Å². The van der Waals surface area contributed by atoms with Crippen LogP contribution in [0.1, 0.15) is 17.7 Å². The van der Waals surface area contributed by atoms with Gasteiger partial charge in [-0.25, -0.2) is 8.42 Å². The summed E-state index contributed by atoms with van der Waals surface area (Å²) in [6.07, 6.45) is 0. The van der Waals surface area contributed by atoms with Crippen molar-refractivity contribution in [2.45, 2.75) is 12.2 Å². The Bertz CT molecular complexity index is 382. The average Bonchev–Trinajstić information content (AvgIpc) is 2.08. The molecule has 13 heavy (non-hydrogen) atoms. The lowest BCUT2D eigenvalue weighted by atomic mass is 10.2. The lowest BCUT2D eigenvalue weighted by Crippen LogP contribution is -1.94. The minimum Gasteiger partial charge on any atom is -0.231 e. The predicted molar refractivity (Wildman–Crippen MR) is 57.9 cm³/mol. The third-order valence-corrected chi connectivity index (χ3v) is 3.91. The summed E-state index contributed by atoms with van der Waals surface area (Å²) in [5.74, 6) is 0. The summed E-state index contributed by atoms with van der Waals surface area (Å²) in [6, 6.07) is 5.14. The van der Waals surface area contributed by atoms with Crippen LogP contribution in [-0.4, -0.2) is 8.42 Å². The largest absolute Gasteiger partial charge is 0.231 e. The van der Waals surface area contributed by atoms with E-state index in [0.29, 0.717) is 10.6 Å². The molecule has 0 saturated carbocycles. The normalized spacial score (nSPS) is 13.2. The van der Waals surface area contributed by atoms with Gasteiger partial charge in [-0.05, 0) is 40.5 Å². The number of hydrogen-bond acceptors (Lipinski definition) is 2. The highest BCUT2D eigenvalue weighted by Crippen LogP contribution is 2.26. The van der Waals surface area contributed by atoms with Gasteiger partial charge in [-0.3, -0.25) is 0 Å². The van der Waals surface area contributed by atoms with E-state index in [4.69, 9.17) is 11.6 Å². The van der Waals surface area contributed by atoms with Gasteiger partial charge in [0.05, 0.1) is 10.3 Å². The number of halogens is 2. The molecular weight excluding hydrogens is 276 g/mol. The molecular formula is C8H8BrClO2S. The van der Waals surface area contributed by atoms with E-state index >= 15 is 0 Å². The van der Waals surface area contributed by atoms with E-state index in [-0.39, 0.29) is 0 Å². The Labute approximate surface area is 92.0 Å². The van der Waals surface area contributed by atoms with Crippen molar-refractivity contribution in [1.29, 1.82) is 0 Å². The van der Waals surface area contributed by atoms with Crippen molar-refractivity contribution in [2.24, 2.45) is 0 Å². The summed E-state index contributed by atoms with van der Waals surface area (Å²) in [5.41, 5.74) is 0.712. The number of benzene rings is 1. The van der Waals surface area contributed by atoms with Crippen molar-refractivity contribution in [1.82, 2.24) is 0 Å². The second-order valence-corrected chi connectivity index (χ2v) is 5.24. The highest BCUT2D eigenvalue weighted by molar-refractivity contribution is 9.10. The number of hydrogen-bond donors (Lipinski definition) is 1. The predicted octanol–water partition coefficient (Wildman–Crippen LogP) is 2.77. The molecule has 0 aliphatic heterocycles. The Morgan fingerprint density at radius 2 is 2.08 bits per heavy atom. The second-order valence-electron chi connectivity index (χ2n) is 2.63. The topological polar surface area (TPSA) is 34.1 Å². The van der Waals surface area contributed by atoms with Gasteiger partial charge in [0.25, 0.3) is 0 Å². The van der Waals surface area contributed by atoms with E-state index in [2.05, 4.69) is 15.9 Å². The third-order valence-electron chi connectivity index (χ3n) is 1.74. The van der Waals surface area contributed by atoms with Crippen LogP contribution in [0.15, 0.2) is 22.7 Å². The first-order chi connectivity index (χ1) is 6.02. The van der Waals surface area contributed by atoms with Gasteiger partial charge in [0.1, 0.15) is 10.7 Å². The van der Waals surface area contributed by atoms with Crippen LogP contribution in [0.2, 0.25) is 5.02 Å². The van der Waals surface area contributed by atoms with Gasteiger partial charge < -0.3 is 0 Å². The quantitative estimate of drug-likeness (QED) is 0.847. The Balaban J connectivity index is 3.10. The number of rotatable bonds is 2. The van der Waals surface area contributed by atoms with Crippen LogP contribution < -0.4 is 0 Å². The molecule has 0 heterocycles. The first-order valence-electron chi connectivity index (χ1n) is 3.61. The maximum Gasteiger partial charge on any atom is 0.146 e. The first kappa shape index (κ1) is 11.0.